The van der Waals surface area contributed by atoms with Gasteiger partial charge in [0.05, 0.1) is 13.2 Å². The molecule has 0 saturated heterocycles. The largest absolute Gasteiger partial charge is 0.378 e. The van der Waals surface area contributed by atoms with Crippen LogP contribution in [0.15, 0.2) is 18.7 Å². The molecule has 3 nitrogen and oxygen atoms in total. The fourth-order valence-electron chi connectivity index (χ4n) is 1.36. The lowest BCUT2D eigenvalue weighted by Crippen LogP contribution is -2.30. The normalized spacial score (nSPS) is 10.7. The van der Waals surface area contributed by atoms with E-state index >= 15 is 0 Å². The lowest BCUT2D eigenvalue weighted by molar-refractivity contribution is -0.696. The molecule has 0 aliphatic carbocycles. The topological polar surface area (TPSA) is 18.0 Å². The molecule has 1 rings (SSSR count). The van der Waals surface area contributed by atoms with Gasteiger partial charge in [0, 0.05) is 6.61 Å². The van der Waals surface area contributed by atoms with Gasteiger partial charge in [-0.1, -0.05) is 13.3 Å². The molecule has 0 fully saturated rings. The third kappa shape index (κ3) is 3.92. The predicted molar refractivity (Wildman–Crippen MR) is 56.0 cm³/mol. The number of hydrogen-bond donors (Lipinski definition) is 0. The Morgan fingerprint density at radius 2 is 2.21 bits per heavy atom. The van der Waals surface area contributed by atoms with Crippen LogP contribution in [0.4, 0.5) is 0 Å². The van der Waals surface area contributed by atoms with Gasteiger partial charge in [0.15, 0.2) is 0 Å². The van der Waals surface area contributed by atoms with Gasteiger partial charge in [-0.3, -0.25) is 0 Å². The van der Waals surface area contributed by atoms with Crippen LogP contribution >= 0.6 is 0 Å². The van der Waals surface area contributed by atoms with Crippen LogP contribution in [-0.4, -0.2) is 17.8 Å². The van der Waals surface area contributed by atoms with Gasteiger partial charge < -0.3 is 4.74 Å². The highest BCUT2D eigenvalue weighted by Crippen LogP contribution is 1.89. The van der Waals surface area contributed by atoms with Crippen molar-refractivity contribution in [1.82, 2.24) is 4.57 Å². The van der Waals surface area contributed by atoms with E-state index in [2.05, 4.69) is 34.8 Å². The Kier molecular flexibility index (Phi) is 5.30. The van der Waals surface area contributed by atoms with Crippen LogP contribution in [-0.2, 0) is 17.8 Å². The van der Waals surface area contributed by atoms with Crippen molar-refractivity contribution < 1.29 is 9.30 Å². The van der Waals surface area contributed by atoms with E-state index < -0.39 is 0 Å². The number of imidazole rings is 1. The van der Waals surface area contributed by atoms with Crippen LogP contribution < -0.4 is 4.57 Å². The van der Waals surface area contributed by atoms with Crippen molar-refractivity contribution in [1.29, 1.82) is 0 Å². The molecule has 3 heteroatoms. The Morgan fingerprint density at radius 1 is 1.36 bits per heavy atom. The summed E-state index contributed by atoms with van der Waals surface area (Å²) in [6, 6.07) is 0. The van der Waals surface area contributed by atoms with Crippen LogP contribution in [0.3, 0.4) is 0 Å². The van der Waals surface area contributed by atoms with Crippen molar-refractivity contribution in [2.75, 3.05) is 13.2 Å². The maximum absolute atomic E-state index is 5.30. The molecule has 0 radical (unpaired) electrons. The van der Waals surface area contributed by atoms with Crippen LogP contribution in [0.5, 0.6) is 0 Å². The maximum Gasteiger partial charge on any atom is 0.243 e. The summed E-state index contributed by atoms with van der Waals surface area (Å²) < 4.78 is 9.70. The van der Waals surface area contributed by atoms with Crippen molar-refractivity contribution >= 4 is 0 Å². The Morgan fingerprint density at radius 3 is 2.93 bits per heavy atom. The van der Waals surface area contributed by atoms with E-state index in [0.717, 1.165) is 26.3 Å². The molecule has 0 bridgehead atoms. The van der Waals surface area contributed by atoms with Crippen molar-refractivity contribution in [3.8, 4) is 0 Å². The molecule has 1 aromatic rings. The van der Waals surface area contributed by atoms with Gasteiger partial charge >= 0.3 is 0 Å². The molecular weight excluding hydrogens is 176 g/mol. The SMILES string of the molecule is CCCC[n+]1ccn(CCOCC)c1. The van der Waals surface area contributed by atoms with E-state index in [1.807, 2.05) is 6.92 Å². The number of nitrogens with zero attached hydrogens (tertiary/aromatic N) is 2. The molecule has 0 aliphatic rings. The Hall–Kier alpha value is -0.830. The van der Waals surface area contributed by atoms with Gasteiger partial charge in [0.1, 0.15) is 18.9 Å². The molecule has 80 valence electrons. The van der Waals surface area contributed by atoms with E-state index in [0.29, 0.717) is 0 Å². The molecule has 0 unspecified atom stereocenters. The van der Waals surface area contributed by atoms with Crippen LogP contribution in [0.2, 0.25) is 0 Å². The second-order valence-electron chi connectivity index (χ2n) is 3.44. The summed E-state index contributed by atoms with van der Waals surface area (Å²) >= 11 is 0. The lowest BCUT2D eigenvalue weighted by Gasteiger charge is -1.97. The molecule has 0 saturated carbocycles. The number of hydrogen-bond acceptors (Lipinski definition) is 1. The minimum atomic E-state index is 0.803. The molecule has 0 N–H and O–H groups in total. The standard InChI is InChI=1S/C11H21N2O/c1-3-5-6-12-7-8-13(11-12)9-10-14-4-2/h7-8,11H,3-6,9-10H2,1-2H3/q+1. The van der Waals surface area contributed by atoms with Crippen molar-refractivity contribution in [3.05, 3.63) is 18.7 Å². The molecule has 1 aromatic heterocycles. The Balaban J connectivity index is 2.27. The highest BCUT2D eigenvalue weighted by atomic mass is 16.5. The number of unbranched alkanes of at least 4 members (excludes halogenated alkanes) is 1. The zero-order valence-corrected chi connectivity index (χ0v) is 9.28. The molecule has 0 aliphatic heterocycles. The lowest BCUT2D eigenvalue weighted by atomic mass is 10.3. The first-order valence-corrected chi connectivity index (χ1v) is 5.49. The summed E-state index contributed by atoms with van der Waals surface area (Å²) in [6.45, 7) is 7.92. The molecule has 1 heterocycles. The van der Waals surface area contributed by atoms with Crippen LogP contribution in [0, 0.1) is 0 Å². The fraction of sp³-hybridized carbons (Fsp3) is 0.727. The quantitative estimate of drug-likeness (QED) is 0.480. The minimum Gasteiger partial charge on any atom is -0.378 e. The number of aromatic nitrogens is 2. The van der Waals surface area contributed by atoms with Gasteiger partial charge in [0.2, 0.25) is 6.33 Å². The van der Waals surface area contributed by atoms with Gasteiger partial charge in [0.25, 0.3) is 0 Å². The fourth-order valence-corrected chi connectivity index (χ4v) is 1.36. The Bertz CT molecular complexity index is 245. The first-order valence-electron chi connectivity index (χ1n) is 5.49. The van der Waals surface area contributed by atoms with Gasteiger partial charge in [-0.15, -0.1) is 0 Å². The third-order valence-electron chi connectivity index (χ3n) is 2.21. The van der Waals surface area contributed by atoms with E-state index in [-0.39, 0.29) is 0 Å². The van der Waals surface area contributed by atoms with Gasteiger partial charge in [-0.25, -0.2) is 9.13 Å². The van der Waals surface area contributed by atoms with Gasteiger partial charge in [-0.05, 0) is 13.3 Å². The molecule has 0 aromatic carbocycles. The number of aryl methyl sites for hydroxylation is 1. The van der Waals surface area contributed by atoms with Crippen molar-refractivity contribution in [2.24, 2.45) is 0 Å². The Labute approximate surface area is 86.3 Å². The summed E-state index contributed by atoms with van der Waals surface area (Å²) in [4.78, 5) is 0. The molecule has 14 heavy (non-hydrogen) atoms. The summed E-state index contributed by atoms with van der Waals surface area (Å²) in [7, 11) is 0. The van der Waals surface area contributed by atoms with Crippen molar-refractivity contribution in [2.45, 2.75) is 39.8 Å². The maximum atomic E-state index is 5.30. The highest BCUT2D eigenvalue weighted by Gasteiger charge is 2.01. The van der Waals surface area contributed by atoms with Crippen LogP contribution in [0.1, 0.15) is 26.7 Å². The summed E-state index contributed by atoms with van der Waals surface area (Å²) in [5.41, 5.74) is 0. The monoisotopic (exact) mass is 197 g/mol. The molecular formula is C11H21N2O+. The molecule has 0 spiro atoms. The first kappa shape index (κ1) is 11.2. The predicted octanol–water partition coefficient (Wildman–Crippen LogP) is 1.61. The minimum absolute atomic E-state index is 0.803. The van der Waals surface area contributed by atoms with E-state index in [9.17, 15) is 0 Å². The van der Waals surface area contributed by atoms with E-state index in [4.69, 9.17) is 4.74 Å². The second-order valence-corrected chi connectivity index (χ2v) is 3.44. The highest BCUT2D eigenvalue weighted by molar-refractivity contribution is 4.65. The molecule has 0 amide bonds. The second kappa shape index (κ2) is 6.60. The van der Waals surface area contributed by atoms with E-state index in [1.54, 1.807) is 0 Å². The smallest absolute Gasteiger partial charge is 0.243 e. The zero-order valence-electron chi connectivity index (χ0n) is 9.28. The average Bonchev–Trinajstić information content (AvgIpc) is 2.63. The summed E-state index contributed by atoms with van der Waals surface area (Å²) in [6.07, 6.45) is 8.88. The summed E-state index contributed by atoms with van der Waals surface area (Å²) in [5.74, 6) is 0. The summed E-state index contributed by atoms with van der Waals surface area (Å²) in [5, 5.41) is 0. The van der Waals surface area contributed by atoms with Gasteiger partial charge in [-0.2, -0.15) is 0 Å². The third-order valence-corrected chi connectivity index (χ3v) is 2.21. The zero-order chi connectivity index (χ0) is 10.2. The van der Waals surface area contributed by atoms with Crippen LogP contribution in [0.25, 0.3) is 0 Å². The number of ether oxygens (including phenoxy) is 1. The van der Waals surface area contributed by atoms with E-state index in [1.165, 1.54) is 12.8 Å². The number of rotatable bonds is 7. The van der Waals surface area contributed by atoms with Crippen molar-refractivity contribution in [3.63, 3.8) is 0 Å². The first-order chi connectivity index (χ1) is 6.86. The average molecular weight is 197 g/mol. The molecule has 0 atom stereocenters.